The van der Waals surface area contributed by atoms with E-state index in [0.717, 1.165) is 27.1 Å². The Kier molecular flexibility index (Phi) is 5.18. The quantitative estimate of drug-likeness (QED) is 0.714. The summed E-state index contributed by atoms with van der Waals surface area (Å²) in [6.45, 7) is 2.45. The number of primary amides is 1. The van der Waals surface area contributed by atoms with Gasteiger partial charge >= 0.3 is 0 Å². The van der Waals surface area contributed by atoms with Gasteiger partial charge < -0.3 is 15.4 Å². The van der Waals surface area contributed by atoms with Gasteiger partial charge in [0.05, 0.1) is 23.4 Å². The first-order chi connectivity index (χ1) is 12.5. The van der Waals surface area contributed by atoms with Crippen LogP contribution < -0.4 is 15.4 Å². The van der Waals surface area contributed by atoms with Crippen LogP contribution in [0.4, 0.5) is 5.69 Å². The lowest BCUT2D eigenvalue weighted by molar-refractivity contribution is -0.118. The predicted octanol–water partition coefficient (Wildman–Crippen LogP) is 3.14. The number of aromatic nitrogens is 1. The number of amides is 2. The summed E-state index contributed by atoms with van der Waals surface area (Å²) in [7, 11) is 1.77. The maximum Gasteiger partial charge on any atom is 0.269 e. The van der Waals surface area contributed by atoms with E-state index < -0.39 is 5.91 Å². The molecule has 2 N–H and O–H groups in total. The normalized spacial score (nSPS) is 13.3. The second-order valence-electron chi connectivity index (χ2n) is 5.91. The van der Waals surface area contributed by atoms with E-state index in [9.17, 15) is 9.59 Å². The van der Waals surface area contributed by atoms with Crippen molar-refractivity contribution < 1.29 is 14.3 Å². The highest BCUT2D eigenvalue weighted by atomic mass is 32.1. The third-order valence-electron chi connectivity index (χ3n) is 4.03. The van der Waals surface area contributed by atoms with Crippen molar-refractivity contribution >= 4 is 39.1 Å². The topological polar surface area (TPSA) is 85.5 Å². The van der Waals surface area contributed by atoms with Crippen molar-refractivity contribution in [2.75, 3.05) is 18.6 Å². The highest BCUT2D eigenvalue weighted by Crippen LogP contribution is 2.29. The summed E-state index contributed by atoms with van der Waals surface area (Å²) < 4.78 is 10.4. The van der Waals surface area contributed by atoms with Crippen molar-refractivity contribution in [3.8, 4) is 5.75 Å². The average Bonchev–Trinajstić information content (AvgIpc) is 2.99. The van der Waals surface area contributed by atoms with Gasteiger partial charge in [-0.25, -0.2) is 0 Å². The minimum atomic E-state index is -0.461. The summed E-state index contributed by atoms with van der Waals surface area (Å²) in [5.41, 5.74) is 7.52. The van der Waals surface area contributed by atoms with Crippen LogP contribution in [0.25, 0.3) is 10.1 Å². The Morgan fingerprint density at radius 3 is 2.81 bits per heavy atom. The van der Waals surface area contributed by atoms with Gasteiger partial charge in [0.2, 0.25) is 5.91 Å². The molecule has 0 aliphatic carbocycles. The monoisotopic (exact) mass is 369 g/mol. The third kappa shape index (κ3) is 3.67. The molecule has 0 bridgehead atoms. The summed E-state index contributed by atoms with van der Waals surface area (Å²) in [4.78, 5) is 24.0. The van der Waals surface area contributed by atoms with Crippen LogP contribution in [-0.2, 0) is 4.79 Å². The van der Waals surface area contributed by atoms with Gasteiger partial charge in [-0.05, 0) is 42.7 Å². The van der Waals surface area contributed by atoms with Gasteiger partial charge in [0, 0.05) is 12.4 Å². The number of carbonyl (C=O) groups is 2. The fourth-order valence-corrected chi connectivity index (χ4v) is 3.40. The largest absolute Gasteiger partial charge is 0.491 e. The number of rotatable bonds is 1. The van der Waals surface area contributed by atoms with Crippen LogP contribution in [0, 0.1) is 6.92 Å². The lowest BCUT2D eigenvalue weighted by atomic mass is 10.1. The molecule has 0 saturated carbocycles. The minimum Gasteiger partial charge on any atom is -0.491 e. The molecule has 0 unspecified atom stereocenters. The van der Waals surface area contributed by atoms with Crippen molar-refractivity contribution in [3.63, 3.8) is 0 Å². The van der Waals surface area contributed by atoms with E-state index in [0.29, 0.717) is 18.7 Å². The van der Waals surface area contributed by atoms with E-state index in [2.05, 4.69) is 4.37 Å². The molecule has 1 aliphatic rings. The highest BCUT2D eigenvalue weighted by molar-refractivity contribution is 7.13. The van der Waals surface area contributed by atoms with Gasteiger partial charge in [0.1, 0.15) is 11.4 Å². The van der Waals surface area contributed by atoms with Gasteiger partial charge in [0.25, 0.3) is 5.91 Å². The van der Waals surface area contributed by atoms with Crippen molar-refractivity contribution in [1.29, 1.82) is 0 Å². The molecule has 134 valence electrons. The number of nitrogens with zero attached hydrogens (tertiary/aromatic N) is 2. The summed E-state index contributed by atoms with van der Waals surface area (Å²) in [5.74, 6) is 0.428. The second kappa shape index (κ2) is 7.53. The minimum absolute atomic E-state index is 0.102. The number of nitrogens with two attached hydrogens (primary N) is 1. The summed E-state index contributed by atoms with van der Waals surface area (Å²) in [5, 5.41) is 0.859. The number of ether oxygens (including phenoxy) is 1. The van der Waals surface area contributed by atoms with E-state index in [1.54, 1.807) is 11.9 Å². The van der Waals surface area contributed by atoms with Crippen LogP contribution in [0.15, 0.2) is 42.5 Å². The first kappa shape index (κ1) is 17.9. The molecule has 3 aromatic rings. The molecule has 2 amide bonds. The van der Waals surface area contributed by atoms with Crippen molar-refractivity contribution in [2.45, 2.75) is 13.3 Å². The Balaban J connectivity index is 0.000000151. The Morgan fingerprint density at radius 1 is 1.27 bits per heavy atom. The lowest BCUT2D eigenvalue weighted by Gasteiger charge is -2.15. The Bertz CT molecular complexity index is 968. The summed E-state index contributed by atoms with van der Waals surface area (Å²) in [6.07, 6.45) is 0.450. The van der Waals surface area contributed by atoms with Crippen LogP contribution >= 0.6 is 11.5 Å². The SMILES string of the molecule is CN1C(=O)CCOc2ccccc21.Cc1ccc2snc(C(N)=O)c2c1. The number of aryl methyl sites for hydroxylation is 1. The lowest BCUT2D eigenvalue weighted by Crippen LogP contribution is -2.24. The molecule has 0 spiro atoms. The molecule has 0 saturated heterocycles. The molecule has 1 aromatic heterocycles. The van der Waals surface area contributed by atoms with Crippen LogP contribution in [0.2, 0.25) is 0 Å². The zero-order valence-corrected chi connectivity index (χ0v) is 15.4. The molecule has 2 heterocycles. The number of benzene rings is 2. The number of anilines is 1. The number of hydrogen-bond acceptors (Lipinski definition) is 5. The molecule has 4 rings (SSSR count). The van der Waals surface area contributed by atoms with Crippen molar-refractivity contribution in [1.82, 2.24) is 4.37 Å². The molecular weight excluding hydrogens is 350 g/mol. The van der Waals surface area contributed by atoms with E-state index >= 15 is 0 Å². The Labute approximate surface area is 155 Å². The smallest absolute Gasteiger partial charge is 0.269 e. The Morgan fingerprint density at radius 2 is 2.04 bits per heavy atom. The zero-order valence-electron chi connectivity index (χ0n) is 14.6. The molecule has 0 atom stereocenters. The maximum atomic E-state index is 11.4. The molecule has 0 radical (unpaired) electrons. The first-order valence-electron chi connectivity index (χ1n) is 8.11. The van der Waals surface area contributed by atoms with Gasteiger partial charge in [-0.15, -0.1) is 0 Å². The van der Waals surface area contributed by atoms with Crippen molar-refractivity contribution in [3.05, 3.63) is 53.7 Å². The molecular formula is C19H19N3O3S. The molecule has 7 heteroatoms. The summed E-state index contributed by atoms with van der Waals surface area (Å²) >= 11 is 1.30. The van der Waals surface area contributed by atoms with Gasteiger partial charge in [0.15, 0.2) is 0 Å². The molecule has 1 aliphatic heterocycles. The standard InChI is InChI=1S/C10H11NO2.C9H8N2OS/c1-11-8-4-2-3-5-9(8)13-7-6-10(11)12;1-5-2-3-7-6(4-5)8(9(10)12)11-13-7/h2-5H,6-7H2,1H3;2-4H,1H3,(H2,10,12). The number of carbonyl (C=O) groups excluding carboxylic acids is 2. The van der Waals surface area contributed by atoms with Crippen LogP contribution in [0.5, 0.6) is 5.75 Å². The van der Waals surface area contributed by atoms with Crippen LogP contribution in [0.3, 0.4) is 0 Å². The second-order valence-corrected chi connectivity index (χ2v) is 6.72. The van der Waals surface area contributed by atoms with Gasteiger partial charge in [-0.1, -0.05) is 23.8 Å². The third-order valence-corrected chi connectivity index (χ3v) is 4.86. The van der Waals surface area contributed by atoms with Gasteiger partial charge in [-0.2, -0.15) is 4.37 Å². The van der Waals surface area contributed by atoms with E-state index in [1.165, 1.54) is 11.5 Å². The fourth-order valence-electron chi connectivity index (χ4n) is 2.64. The van der Waals surface area contributed by atoms with Gasteiger partial charge in [-0.3, -0.25) is 9.59 Å². The molecule has 2 aromatic carbocycles. The summed E-state index contributed by atoms with van der Waals surface area (Å²) in [6, 6.07) is 13.4. The molecule has 0 fully saturated rings. The van der Waals surface area contributed by atoms with E-state index in [1.807, 2.05) is 49.4 Å². The van der Waals surface area contributed by atoms with E-state index in [-0.39, 0.29) is 5.91 Å². The molecule has 6 nitrogen and oxygen atoms in total. The molecule has 26 heavy (non-hydrogen) atoms. The Hall–Kier alpha value is -2.93. The number of para-hydroxylation sites is 2. The fraction of sp³-hybridized carbons (Fsp3) is 0.211. The first-order valence-corrected chi connectivity index (χ1v) is 8.89. The van der Waals surface area contributed by atoms with Crippen LogP contribution in [-0.4, -0.2) is 29.8 Å². The van der Waals surface area contributed by atoms with Crippen LogP contribution in [0.1, 0.15) is 22.5 Å². The number of fused-ring (bicyclic) bond motifs is 2. The predicted molar refractivity (Wildman–Crippen MR) is 103 cm³/mol. The average molecular weight is 369 g/mol. The maximum absolute atomic E-state index is 11.4. The zero-order chi connectivity index (χ0) is 18.7. The number of hydrogen-bond donors (Lipinski definition) is 1. The van der Waals surface area contributed by atoms with Crippen molar-refractivity contribution in [2.24, 2.45) is 5.73 Å². The highest BCUT2D eigenvalue weighted by Gasteiger charge is 2.18. The van der Waals surface area contributed by atoms with E-state index in [4.69, 9.17) is 10.5 Å².